The van der Waals surface area contributed by atoms with Crippen LogP contribution in [0.3, 0.4) is 0 Å². The minimum absolute atomic E-state index is 0.493. The molecule has 108 valence electrons. The Labute approximate surface area is 116 Å². The van der Waals surface area contributed by atoms with Crippen LogP contribution in [0.1, 0.15) is 65.7 Å². The van der Waals surface area contributed by atoms with Gasteiger partial charge in [-0.2, -0.15) is 0 Å². The van der Waals surface area contributed by atoms with E-state index in [9.17, 15) is 4.21 Å². The van der Waals surface area contributed by atoms with Crippen LogP contribution < -0.4 is 5.32 Å². The fourth-order valence-electron chi connectivity index (χ4n) is 3.00. The van der Waals surface area contributed by atoms with E-state index in [-0.39, 0.29) is 0 Å². The Hall–Kier alpha value is 0.110. The molecule has 0 spiro atoms. The van der Waals surface area contributed by atoms with Crippen LogP contribution in [0.5, 0.6) is 0 Å². The van der Waals surface area contributed by atoms with Crippen LogP contribution >= 0.6 is 0 Å². The van der Waals surface area contributed by atoms with E-state index in [1.807, 2.05) is 0 Å². The van der Waals surface area contributed by atoms with Crippen LogP contribution in [-0.2, 0) is 10.8 Å². The van der Waals surface area contributed by atoms with Crippen LogP contribution in [0.25, 0.3) is 0 Å². The number of hydrogen-bond donors (Lipinski definition) is 1. The van der Waals surface area contributed by atoms with Crippen LogP contribution in [0.15, 0.2) is 0 Å². The molecule has 3 heteroatoms. The molecule has 18 heavy (non-hydrogen) atoms. The molecule has 1 N–H and O–H groups in total. The Kier molecular flexibility index (Phi) is 8.16. The topological polar surface area (TPSA) is 29.1 Å². The molecule has 0 saturated heterocycles. The van der Waals surface area contributed by atoms with Gasteiger partial charge in [0.1, 0.15) is 0 Å². The van der Waals surface area contributed by atoms with Crippen molar-refractivity contribution >= 4 is 10.8 Å². The van der Waals surface area contributed by atoms with Gasteiger partial charge in [0.25, 0.3) is 0 Å². The third-order valence-corrected chi connectivity index (χ3v) is 6.01. The number of rotatable bonds is 8. The molecule has 1 rings (SSSR count). The lowest BCUT2D eigenvalue weighted by Gasteiger charge is -2.26. The van der Waals surface area contributed by atoms with E-state index >= 15 is 0 Å². The molecule has 2 nitrogen and oxygen atoms in total. The summed E-state index contributed by atoms with van der Waals surface area (Å²) in [6, 6.07) is 0.622. The summed E-state index contributed by atoms with van der Waals surface area (Å²) in [5, 5.41) is 3.99. The lowest BCUT2D eigenvalue weighted by molar-refractivity contribution is 0.389. The van der Waals surface area contributed by atoms with Crippen LogP contribution in [0.2, 0.25) is 0 Å². The quantitative estimate of drug-likeness (QED) is 0.733. The molecule has 0 heterocycles. The van der Waals surface area contributed by atoms with E-state index in [2.05, 4.69) is 26.1 Å². The van der Waals surface area contributed by atoms with Crippen molar-refractivity contribution < 1.29 is 4.21 Å². The Morgan fingerprint density at radius 3 is 2.72 bits per heavy atom. The van der Waals surface area contributed by atoms with Gasteiger partial charge >= 0.3 is 0 Å². The van der Waals surface area contributed by atoms with E-state index in [1.165, 1.54) is 38.5 Å². The van der Waals surface area contributed by atoms with E-state index in [4.69, 9.17) is 0 Å². The molecule has 0 aliphatic heterocycles. The first-order valence-electron chi connectivity index (χ1n) is 7.77. The van der Waals surface area contributed by atoms with Gasteiger partial charge in [-0.15, -0.1) is 0 Å². The third kappa shape index (κ3) is 5.83. The van der Waals surface area contributed by atoms with Gasteiger partial charge in [-0.05, 0) is 44.6 Å². The predicted octanol–water partition coefficient (Wildman–Crippen LogP) is 3.48. The zero-order chi connectivity index (χ0) is 13.4. The fourth-order valence-corrected chi connectivity index (χ4v) is 4.75. The van der Waals surface area contributed by atoms with Gasteiger partial charge in [-0.1, -0.05) is 33.6 Å². The maximum absolute atomic E-state index is 12.3. The van der Waals surface area contributed by atoms with Crippen molar-refractivity contribution in [2.45, 2.75) is 77.0 Å². The highest BCUT2D eigenvalue weighted by molar-refractivity contribution is 7.85. The second-order valence-electron chi connectivity index (χ2n) is 5.78. The zero-order valence-electron chi connectivity index (χ0n) is 12.4. The van der Waals surface area contributed by atoms with Crippen LogP contribution in [-0.4, -0.2) is 27.8 Å². The Balaban J connectivity index is 2.19. The third-order valence-electron chi connectivity index (χ3n) is 4.14. The summed E-state index contributed by atoms with van der Waals surface area (Å²) >= 11 is 0. The summed E-state index contributed by atoms with van der Waals surface area (Å²) in [6.07, 6.45) is 8.49. The number of hydrogen-bond acceptors (Lipinski definition) is 2. The molecule has 1 fully saturated rings. The van der Waals surface area contributed by atoms with Crippen molar-refractivity contribution in [2.75, 3.05) is 12.3 Å². The average molecular weight is 273 g/mol. The van der Waals surface area contributed by atoms with Gasteiger partial charge in [0, 0.05) is 27.8 Å². The van der Waals surface area contributed by atoms with E-state index in [0.29, 0.717) is 11.3 Å². The minimum Gasteiger partial charge on any atom is -0.314 e. The highest BCUT2D eigenvalue weighted by Gasteiger charge is 2.23. The summed E-state index contributed by atoms with van der Waals surface area (Å²) in [5.74, 6) is 1.71. The maximum Gasteiger partial charge on any atom is 0.0350 e. The Bertz CT molecular complexity index is 245. The van der Waals surface area contributed by atoms with Crippen molar-refractivity contribution in [1.82, 2.24) is 5.32 Å². The highest BCUT2D eigenvalue weighted by Crippen LogP contribution is 2.27. The Morgan fingerprint density at radius 1 is 1.33 bits per heavy atom. The first kappa shape index (κ1) is 16.2. The fraction of sp³-hybridized carbons (Fsp3) is 1.00. The average Bonchev–Trinajstić information content (AvgIpc) is 2.37. The van der Waals surface area contributed by atoms with Crippen LogP contribution in [0, 0.1) is 5.92 Å². The van der Waals surface area contributed by atoms with Crippen molar-refractivity contribution in [2.24, 2.45) is 5.92 Å². The molecule has 1 aliphatic carbocycles. The molecule has 0 aromatic carbocycles. The summed E-state index contributed by atoms with van der Waals surface area (Å²) in [5.41, 5.74) is 0. The molecule has 4 atom stereocenters. The first-order chi connectivity index (χ1) is 8.67. The Morgan fingerprint density at radius 2 is 2.11 bits per heavy atom. The number of nitrogens with one attached hydrogen (secondary N) is 1. The highest BCUT2D eigenvalue weighted by atomic mass is 32.2. The predicted molar refractivity (Wildman–Crippen MR) is 81.4 cm³/mol. The summed E-state index contributed by atoms with van der Waals surface area (Å²) in [7, 11) is -0.577. The smallest absolute Gasteiger partial charge is 0.0350 e. The second kappa shape index (κ2) is 9.08. The van der Waals surface area contributed by atoms with Crippen molar-refractivity contribution in [3.05, 3.63) is 0 Å². The van der Waals surface area contributed by atoms with Gasteiger partial charge in [0.05, 0.1) is 0 Å². The largest absolute Gasteiger partial charge is 0.314 e. The van der Waals surface area contributed by atoms with Crippen LogP contribution in [0.4, 0.5) is 0 Å². The van der Waals surface area contributed by atoms with E-state index < -0.39 is 10.8 Å². The molecular weight excluding hydrogens is 242 g/mol. The first-order valence-corrected chi connectivity index (χ1v) is 9.16. The second-order valence-corrected chi connectivity index (χ2v) is 7.62. The van der Waals surface area contributed by atoms with Crippen molar-refractivity contribution in [1.29, 1.82) is 0 Å². The molecule has 0 aromatic heterocycles. The minimum atomic E-state index is -0.577. The molecule has 0 aromatic rings. The standard InChI is InChI=1S/C15H31NOS/c1-4-14(16-5-2)9-7-11-18(17)15-10-6-8-13(3)12-15/h13-16H,4-12H2,1-3H3. The monoisotopic (exact) mass is 273 g/mol. The molecule has 4 unspecified atom stereocenters. The SMILES string of the molecule is CCNC(CC)CCCS(=O)C1CCCC(C)C1. The van der Waals surface area contributed by atoms with Gasteiger partial charge in [0.15, 0.2) is 0 Å². The van der Waals surface area contributed by atoms with Gasteiger partial charge < -0.3 is 5.32 Å². The molecule has 0 radical (unpaired) electrons. The summed E-state index contributed by atoms with van der Waals surface area (Å²) in [4.78, 5) is 0. The lowest BCUT2D eigenvalue weighted by Crippen LogP contribution is -2.29. The molecule has 1 aliphatic rings. The van der Waals surface area contributed by atoms with Gasteiger partial charge in [-0.3, -0.25) is 4.21 Å². The van der Waals surface area contributed by atoms with Crippen molar-refractivity contribution in [3.8, 4) is 0 Å². The maximum atomic E-state index is 12.3. The lowest BCUT2D eigenvalue weighted by atomic mass is 9.91. The molecular formula is C15H31NOS. The normalized spacial score (nSPS) is 27.9. The van der Waals surface area contributed by atoms with Gasteiger partial charge in [0.2, 0.25) is 0 Å². The zero-order valence-corrected chi connectivity index (χ0v) is 13.2. The van der Waals surface area contributed by atoms with E-state index in [0.717, 1.165) is 24.6 Å². The summed E-state index contributed by atoms with van der Waals surface area (Å²) < 4.78 is 12.3. The van der Waals surface area contributed by atoms with Crippen molar-refractivity contribution in [3.63, 3.8) is 0 Å². The van der Waals surface area contributed by atoms with E-state index in [1.54, 1.807) is 0 Å². The van der Waals surface area contributed by atoms with Gasteiger partial charge in [-0.25, -0.2) is 0 Å². The molecule has 0 bridgehead atoms. The molecule has 0 amide bonds. The molecule has 1 saturated carbocycles. The summed E-state index contributed by atoms with van der Waals surface area (Å²) in [6.45, 7) is 7.74.